The van der Waals surface area contributed by atoms with Crippen molar-refractivity contribution in [1.29, 1.82) is 0 Å². The van der Waals surface area contributed by atoms with Gasteiger partial charge >= 0.3 is 0 Å². The molecule has 6 nitrogen and oxygen atoms in total. The van der Waals surface area contributed by atoms with E-state index in [4.69, 9.17) is 4.52 Å². The minimum absolute atomic E-state index is 0.177. The SMILES string of the molecule is Cc1cc(NC(=O)[C@H](C)S(=O)(=O)C2CCCC2)on1. The molecule has 1 fully saturated rings. The van der Waals surface area contributed by atoms with Crippen LogP contribution >= 0.6 is 0 Å². The van der Waals surface area contributed by atoms with Gasteiger partial charge in [-0.15, -0.1) is 0 Å². The van der Waals surface area contributed by atoms with E-state index in [0.717, 1.165) is 12.8 Å². The number of nitrogens with zero attached hydrogens (tertiary/aromatic N) is 1. The van der Waals surface area contributed by atoms with Crippen LogP contribution in [0.1, 0.15) is 38.3 Å². The highest BCUT2D eigenvalue weighted by Gasteiger charge is 2.37. The van der Waals surface area contributed by atoms with Crippen molar-refractivity contribution < 1.29 is 17.7 Å². The maximum absolute atomic E-state index is 12.3. The first-order valence-corrected chi connectivity index (χ1v) is 7.99. The summed E-state index contributed by atoms with van der Waals surface area (Å²) >= 11 is 0. The second kappa shape index (κ2) is 5.32. The molecule has 2 rings (SSSR count). The van der Waals surface area contributed by atoms with E-state index in [2.05, 4.69) is 10.5 Å². The number of aryl methyl sites for hydroxylation is 1. The zero-order valence-electron chi connectivity index (χ0n) is 11.0. The summed E-state index contributed by atoms with van der Waals surface area (Å²) in [6.45, 7) is 3.14. The average Bonchev–Trinajstić information content (AvgIpc) is 2.99. The molecule has 0 aliphatic heterocycles. The van der Waals surface area contributed by atoms with E-state index in [1.807, 2.05) is 0 Å². The first-order valence-electron chi connectivity index (χ1n) is 6.38. The van der Waals surface area contributed by atoms with E-state index in [9.17, 15) is 13.2 Å². The fraction of sp³-hybridized carbons (Fsp3) is 0.667. The van der Waals surface area contributed by atoms with Crippen molar-refractivity contribution in [3.63, 3.8) is 0 Å². The van der Waals surface area contributed by atoms with E-state index in [0.29, 0.717) is 18.5 Å². The van der Waals surface area contributed by atoms with Crippen molar-refractivity contribution in [3.8, 4) is 0 Å². The van der Waals surface area contributed by atoms with Gasteiger partial charge in [-0.1, -0.05) is 18.0 Å². The summed E-state index contributed by atoms with van der Waals surface area (Å²) in [5, 5.41) is 4.62. The summed E-state index contributed by atoms with van der Waals surface area (Å²) in [6.07, 6.45) is 3.14. The van der Waals surface area contributed by atoms with Crippen LogP contribution < -0.4 is 5.32 Å². The molecular weight excluding hydrogens is 268 g/mol. The zero-order valence-corrected chi connectivity index (χ0v) is 11.9. The highest BCUT2D eigenvalue weighted by molar-refractivity contribution is 7.93. The summed E-state index contributed by atoms with van der Waals surface area (Å²) in [5.74, 6) is -0.390. The number of hydrogen-bond acceptors (Lipinski definition) is 5. The molecule has 0 saturated heterocycles. The smallest absolute Gasteiger partial charge is 0.244 e. The highest BCUT2D eigenvalue weighted by atomic mass is 32.2. The van der Waals surface area contributed by atoms with Gasteiger partial charge < -0.3 is 4.52 Å². The molecule has 0 aromatic carbocycles. The van der Waals surface area contributed by atoms with Crippen molar-refractivity contribution in [2.24, 2.45) is 0 Å². The third-order valence-electron chi connectivity index (χ3n) is 3.50. The molecule has 1 aromatic rings. The molecule has 1 N–H and O–H groups in total. The predicted octanol–water partition coefficient (Wildman–Crippen LogP) is 1.67. The van der Waals surface area contributed by atoms with Crippen molar-refractivity contribution in [3.05, 3.63) is 11.8 Å². The topological polar surface area (TPSA) is 89.3 Å². The lowest BCUT2D eigenvalue weighted by atomic mass is 10.4. The summed E-state index contributed by atoms with van der Waals surface area (Å²) in [6, 6.07) is 1.55. The number of carbonyl (C=O) groups is 1. The number of aromatic nitrogens is 1. The first kappa shape index (κ1) is 14.0. The lowest BCUT2D eigenvalue weighted by molar-refractivity contribution is -0.115. The van der Waals surface area contributed by atoms with E-state index < -0.39 is 21.0 Å². The van der Waals surface area contributed by atoms with Gasteiger partial charge in [-0.3, -0.25) is 10.1 Å². The monoisotopic (exact) mass is 286 g/mol. The molecule has 1 heterocycles. The molecular formula is C12H18N2O4S. The van der Waals surface area contributed by atoms with E-state index in [-0.39, 0.29) is 11.1 Å². The van der Waals surface area contributed by atoms with Crippen LogP contribution in [0, 0.1) is 6.92 Å². The lowest BCUT2D eigenvalue weighted by Gasteiger charge is -2.16. The molecule has 1 aliphatic carbocycles. The standard InChI is InChI=1S/C12H18N2O4S/c1-8-7-11(18-14-8)13-12(15)9(2)19(16,17)10-5-3-4-6-10/h7,9-10H,3-6H2,1-2H3,(H,13,15)/t9-/m0/s1. The van der Waals surface area contributed by atoms with Crippen LogP contribution in [-0.2, 0) is 14.6 Å². The van der Waals surface area contributed by atoms with Crippen LogP contribution in [0.3, 0.4) is 0 Å². The molecule has 7 heteroatoms. The van der Waals surface area contributed by atoms with Gasteiger partial charge in [0.2, 0.25) is 11.8 Å². The Kier molecular flexibility index (Phi) is 3.93. The van der Waals surface area contributed by atoms with Gasteiger partial charge in [0, 0.05) is 6.07 Å². The van der Waals surface area contributed by atoms with Crippen molar-refractivity contribution in [2.75, 3.05) is 5.32 Å². The molecule has 0 spiro atoms. The predicted molar refractivity (Wildman–Crippen MR) is 70.5 cm³/mol. The fourth-order valence-corrected chi connectivity index (χ4v) is 4.23. The van der Waals surface area contributed by atoms with Gasteiger partial charge in [-0.2, -0.15) is 0 Å². The molecule has 106 valence electrons. The van der Waals surface area contributed by atoms with E-state index in [1.165, 1.54) is 6.92 Å². The normalized spacial score (nSPS) is 18.4. The number of sulfone groups is 1. The van der Waals surface area contributed by atoms with Crippen molar-refractivity contribution in [1.82, 2.24) is 5.16 Å². The van der Waals surface area contributed by atoms with Gasteiger partial charge in [-0.25, -0.2) is 8.42 Å². The van der Waals surface area contributed by atoms with Gasteiger partial charge in [0.1, 0.15) is 5.25 Å². The number of hydrogen-bond donors (Lipinski definition) is 1. The lowest BCUT2D eigenvalue weighted by Crippen LogP contribution is -2.37. The Balaban J connectivity index is 2.06. The number of anilines is 1. The van der Waals surface area contributed by atoms with Crippen LogP contribution in [0.4, 0.5) is 5.88 Å². The van der Waals surface area contributed by atoms with Crippen LogP contribution in [-0.4, -0.2) is 30.0 Å². The Morgan fingerprint density at radius 3 is 2.63 bits per heavy atom. The largest absolute Gasteiger partial charge is 0.338 e. The van der Waals surface area contributed by atoms with Gasteiger partial charge in [0.25, 0.3) is 0 Å². The van der Waals surface area contributed by atoms with Crippen molar-refractivity contribution in [2.45, 2.75) is 50.0 Å². The number of carbonyl (C=O) groups excluding carboxylic acids is 1. The van der Waals surface area contributed by atoms with Gasteiger partial charge in [0.15, 0.2) is 9.84 Å². The number of rotatable bonds is 4. The van der Waals surface area contributed by atoms with Gasteiger partial charge in [-0.05, 0) is 26.7 Å². The Labute approximate surface area is 112 Å². The third kappa shape index (κ3) is 2.97. The Hall–Kier alpha value is -1.37. The minimum Gasteiger partial charge on any atom is -0.338 e. The average molecular weight is 286 g/mol. The Morgan fingerprint density at radius 2 is 2.11 bits per heavy atom. The zero-order chi connectivity index (χ0) is 14.0. The van der Waals surface area contributed by atoms with Crippen LogP contribution in [0.5, 0.6) is 0 Å². The second-order valence-electron chi connectivity index (χ2n) is 4.96. The molecule has 1 amide bonds. The minimum atomic E-state index is -3.43. The number of nitrogens with one attached hydrogen (secondary N) is 1. The highest BCUT2D eigenvalue weighted by Crippen LogP contribution is 2.27. The third-order valence-corrected chi connectivity index (χ3v) is 6.10. The summed E-state index contributed by atoms with van der Waals surface area (Å²) in [5.41, 5.74) is 0.626. The molecule has 1 atom stereocenters. The fourth-order valence-electron chi connectivity index (χ4n) is 2.30. The van der Waals surface area contributed by atoms with Gasteiger partial charge in [0.05, 0.1) is 10.9 Å². The molecule has 0 bridgehead atoms. The second-order valence-corrected chi connectivity index (χ2v) is 7.51. The quantitative estimate of drug-likeness (QED) is 0.909. The van der Waals surface area contributed by atoms with E-state index in [1.54, 1.807) is 13.0 Å². The number of amides is 1. The summed E-state index contributed by atoms with van der Waals surface area (Å²) < 4.78 is 29.4. The van der Waals surface area contributed by atoms with Crippen LogP contribution in [0.25, 0.3) is 0 Å². The maximum Gasteiger partial charge on any atom is 0.244 e. The summed E-state index contributed by atoms with van der Waals surface area (Å²) in [4.78, 5) is 11.9. The van der Waals surface area contributed by atoms with Crippen LogP contribution in [0.2, 0.25) is 0 Å². The maximum atomic E-state index is 12.3. The Bertz CT molecular complexity index is 558. The molecule has 1 saturated carbocycles. The molecule has 0 radical (unpaired) electrons. The molecule has 1 aromatic heterocycles. The van der Waals surface area contributed by atoms with Crippen LogP contribution in [0.15, 0.2) is 10.6 Å². The van der Waals surface area contributed by atoms with E-state index >= 15 is 0 Å². The van der Waals surface area contributed by atoms with Crippen molar-refractivity contribution >= 4 is 21.6 Å². The molecule has 19 heavy (non-hydrogen) atoms. The molecule has 0 unspecified atom stereocenters. The summed E-state index contributed by atoms with van der Waals surface area (Å²) in [7, 11) is -3.43. The Morgan fingerprint density at radius 1 is 1.47 bits per heavy atom. The molecule has 1 aliphatic rings. The first-order chi connectivity index (χ1) is 8.91.